The van der Waals surface area contributed by atoms with Crippen molar-refractivity contribution in [1.29, 1.82) is 5.26 Å². The van der Waals surface area contributed by atoms with Crippen molar-refractivity contribution in [3.05, 3.63) is 23.6 Å². The van der Waals surface area contributed by atoms with Crippen LogP contribution in [0.5, 0.6) is 5.88 Å². The van der Waals surface area contributed by atoms with E-state index in [4.69, 9.17) is 14.5 Å². The molecule has 2 aromatic rings. The van der Waals surface area contributed by atoms with Crippen molar-refractivity contribution in [3.8, 4) is 22.6 Å². The Bertz CT molecular complexity index is 443. The van der Waals surface area contributed by atoms with Gasteiger partial charge in [-0.05, 0) is 23.5 Å². The predicted octanol–water partition coefficient (Wildman–Crippen LogP) is 3.33. The van der Waals surface area contributed by atoms with Crippen LogP contribution < -0.4 is 4.74 Å². The highest BCUT2D eigenvalue weighted by Crippen LogP contribution is 2.27. The maximum atomic E-state index is 7.32. The fraction of sp³-hybridized carbons (Fsp3) is 0.273. The standard InChI is InChI=1S/C9H9NO2S.C2H3N/c1-2-11-9-6-7(12-10-9)8-4-3-5-13-8;1-2-3/h3-6H,2H2,1H3;1H3. The smallest absolute Gasteiger partial charge is 0.254 e. The normalized spacial score (nSPS) is 8.81. The number of nitriles is 1. The molecule has 2 heterocycles. The van der Waals surface area contributed by atoms with E-state index in [0.29, 0.717) is 12.5 Å². The zero-order valence-corrected chi connectivity index (χ0v) is 9.95. The second-order valence-corrected chi connectivity index (χ2v) is 3.61. The molecule has 0 bridgehead atoms. The highest BCUT2D eigenvalue weighted by Gasteiger charge is 2.06. The van der Waals surface area contributed by atoms with Gasteiger partial charge in [0.2, 0.25) is 0 Å². The third-order valence-corrected chi connectivity index (χ3v) is 2.43. The van der Waals surface area contributed by atoms with Gasteiger partial charge in [-0.2, -0.15) is 5.26 Å². The topological polar surface area (TPSA) is 59.0 Å². The first-order valence-corrected chi connectivity index (χ1v) is 5.64. The summed E-state index contributed by atoms with van der Waals surface area (Å²) in [4.78, 5) is 1.07. The van der Waals surface area contributed by atoms with Crippen molar-refractivity contribution in [1.82, 2.24) is 5.16 Å². The molecular formula is C11H12N2O2S. The SMILES string of the molecule is CC#N.CCOc1cc(-c2cccs2)on1. The van der Waals surface area contributed by atoms with Gasteiger partial charge in [-0.1, -0.05) is 6.07 Å². The highest BCUT2D eigenvalue weighted by atomic mass is 32.1. The van der Waals surface area contributed by atoms with E-state index >= 15 is 0 Å². The fourth-order valence-electron chi connectivity index (χ4n) is 1.01. The molecule has 0 atom stereocenters. The Morgan fingerprint density at radius 1 is 1.62 bits per heavy atom. The molecule has 2 rings (SSSR count). The summed E-state index contributed by atoms with van der Waals surface area (Å²) in [6.45, 7) is 3.95. The quantitative estimate of drug-likeness (QED) is 0.820. The van der Waals surface area contributed by atoms with Gasteiger partial charge >= 0.3 is 0 Å². The highest BCUT2D eigenvalue weighted by molar-refractivity contribution is 7.13. The molecule has 0 spiro atoms. The van der Waals surface area contributed by atoms with Gasteiger partial charge in [0, 0.05) is 6.92 Å². The van der Waals surface area contributed by atoms with E-state index in [2.05, 4.69) is 5.16 Å². The maximum absolute atomic E-state index is 7.32. The number of thiophene rings is 1. The van der Waals surface area contributed by atoms with E-state index in [1.165, 1.54) is 6.92 Å². The van der Waals surface area contributed by atoms with Crippen LogP contribution in [-0.2, 0) is 0 Å². The van der Waals surface area contributed by atoms with Gasteiger partial charge in [-0.25, -0.2) is 0 Å². The molecule has 84 valence electrons. The number of ether oxygens (including phenoxy) is 1. The van der Waals surface area contributed by atoms with Crippen molar-refractivity contribution >= 4 is 11.3 Å². The van der Waals surface area contributed by atoms with E-state index in [0.717, 1.165) is 10.6 Å². The van der Waals surface area contributed by atoms with Crippen molar-refractivity contribution in [2.24, 2.45) is 0 Å². The fourth-order valence-corrected chi connectivity index (χ4v) is 1.68. The average molecular weight is 236 g/mol. The Hall–Kier alpha value is -1.80. The Balaban J connectivity index is 0.000000386. The van der Waals surface area contributed by atoms with Crippen LogP contribution in [0.2, 0.25) is 0 Å². The predicted molar refractivity (Wildman–Crippen MR) is 62.3 cm³/mol. The largest absolute Gasteiger partial charge is 0.476 e. The van der Waals surface area contributed by atoms with E-state index < -0.39 is 0 Å². The first-order chi connectivity index (χ1) is 7.81. The lowest BCUT2D eigenvalue weighted by Gasteiger charge is -1.91. The van der Waals surface area contributed by atoms with Crippen LogP contribution in [-0.4, -0.2) is 11.8 Å². The van der Waals surface area contributed by atoms with E-state index in [-0.39, 0.29) is 0 Å². The van der Waals surface area contributed by atoms with Gasteiger partial charge in [0.05, 0.1) is 23.6 Å². The summed E-state index contributed by atoms with van der Waals surface area (Å²) in [6, 6.07) is 7.51. The third-order valence-electron chi connectivity index (χ3n) is 1.54. The van der Waals surface area contributed by atoms with Crippen LogP contribution in [0.3, 0.4) is 0 Å². The monoisotopic (exact) mass is 236 g/mol. The summed E-state index contributed by atoms with van der Waals surface area (Å²) in [6.07, 6.45) is 0. The molecule has 2 aromatic heterocycles. The molecular weight excluding hydrogens is 224 g/mol. The van der Waals surface area contributed by atoms with Gasteiger partial charge in [0.25, 0.3) is 5.88 Å². The van der Waals surface area contributed by atoms with Gasteiger partial charge in [0.1, 0.15) is 0 Å². The summed E-state index contributed by atoms with van der Waals surface area (Å²) in [5.41, 5.74) is 0. The molecule has 0 unspecified atom stereocenters. The minimum Gasteiger partial charge on any atom is -0.476 e. The molecule has 0 aliphatic carbocycles. The van der Waals surface area contributed by atoms with E-state index in [9.17, 15) is 0 Å². The van der Waals surface area contributed by atoms with E-state index in [1.54, 1.807) is 23.5 Å². The molecule has 0 saturated carbocycles. The number of hydrogen-bond donors (Lipinski definition) is 0. The number of aromatic nitrogens is 1. The summed E-state index contributed by atoms with van der Waals surface area (Å²) < 4.78 is 10.3. The van der Waals surface area contributed by atoms with Crippen molar-refractivity contribution < 1.29 is 9.26 Å². The van der Waals surface area contributed by atoms with Gasteiger partial charge < -0.3 is 9.26 Å². The van der Waals surface area contributed by atoms with Crippen LogP contribution in [0.1, 0.15) is 13.8 Å². The van der Waals surface area contributed by atoms with Gasteiger partial charge in [-0.15, -0.1) is 11.3 Å². The molecule has 0 radical (unpaired) electrons. The molecule has 0 N–H and O–H groups in total. The molecule has 0 fully saturated rings. The third kappa shape index (κ3) is 3.41. The van der Waals surface area contributed by atoms with Crippen molar-refractivity contribution in [2.75, 3.05) is 6.61 Å². The summed E-state index contributed by atoms with van der Waals surface area (Å²) in [5, 5.41) is 13.1. The zero-order chi connectivity index (χ0) is 11.8. The van der Waals surface area contributed by atoms with Gasteiger partial charge in [0.15, 0.2) is 5.76 Å². The number of nitrogens with zero attached hydrogens (tertiary/aromatic N) is 2. The summed E-state index contributed by atoms with van der Waals surface area (Å²) in [7, 11) is 0. The lowest BCUT2D eigenvalue weighted by atomic mass is 10.4. The molecule has 4 nitrogen and oxygen atoms in total. The summed E-state index contributed by atoms with van der Waals surface area (Å²) >= 11 is 1.62. The van der Waals surface area contributed by atoms with Crippen LogP contribution in [0.25, 0.3) is 10.6 Å². The van der Waals surface area contributed by atoms with Crippen molar-refractivity contribution in [3.63, 3.8) is 0 Å². The zero-order valence-electron chi connectivity index (χ0n) is 9.14. The molecule has 0 aromatic carbocycles. The second-order valence-electron chi connectivity index (χ2n) is 2.66. The molecule has 5 heteroatoms. The minimum atomic E-state index is 0.547. The first kappa shape index (κ1) is 12.3. The Kier molecular flexibility index (Phi) is 5.09. The molecule has 0 saturated heterocycles. The van der Waals surface area contributed by atoms with Crippen LogP contribution in [0.15, 0.2) is 28.1 Å². The second kappa shape index (κ2) is 6.64. The minimum absolute atomic E-state index is 0.547. The van der Waals surface area contributed by atoms with Gasteiger partial charge in [-0.3, -0.25) is 0 Å². The lowest BCUT2D eigenvalue weighted by molar-refractivity contribution is 0.296. The van der Waals surface area contributed by atoms with Crippen LogP contribution in [0.4, 0.5) is 0 Å². The molecule has 0 aliphatic heterocycles. The lowest BCUT2D eigenvalue weighted by Crippen LogP contribution is -1.89. The maximum Gasteiger partial charge on any atom is 0.254 e. The van der Waals surface area contributed by atoms with Crippen LogP contribution in [0, 0.1) is 11.3 Å². The van der Waals surface area contributed by atoms with E-state index in [1.807, 2.05) is 24.4 Å². The molecule has 0 amide bonds. The van der Waals surface area contributed by atoms with Crippen molar-refractivity contribution in [2.45, 2.75) is 13.8 Å². The first-order valence-electron chi connectivity index (χ1n) is 4.76. The Morgan fingerprint density at radius 3 is 2.94 bits per heavy atom. The van der Waals surface area contributed by atoms with Crippen LogP contribution >= 0.6 is 11.3 Å². The summed E-state index contributed by atoms with van der Waals surface area (Å²) in [5.74, 6) is 1.31. The molecule has 0 aliphatic rings. The molecule has 16 heavy (non-hydrogen) atoms. The number of rotatable bonds is 3. The Labute approximate surface area is 98.1 Å². The number of hydrogen-bond acceptors (Lipinski definition) is 5. The average Bonchev–Trinajstić information content (AvgIpc) is 2.87. The Morgan fingerprint density at radius 2 is 2.38 bits per heavy atom.